The van der Waals surface area contributed by atoms with E-state index in [9.17, 15) is 0 Å². The monoisotopic (exact) mass is 528 g/mol. The van der Waals surface area contributed by atoms with Gasteiger partial charge in [0.05, 0.1) is 0 Å². The number of para-hydroxylation sites is 2. The van der Waals surface area contributed by atoms with E-state index in [1.807, 2.05) is 34.9 Å². The summed E-state index contributed by atoms with van der Waals surface area (Å²) in [7, 11) is 11.3. The van der Waals surface area contributed by atoms with Gasteiger partial charge in [0.1, 0.15) is 0 Å². The normalized spacial score (nSPS) is 13.1. The summed E-state index contributed by atoms with van der Waals surface area (Å²) in [4.78, 5) is 4.67. The van der Waals surface area contributed by atoms with Gasteiger partial charge in [-0.05, 0) is 37.1 Å². The first-order valence-electron chi connectivity index (χ1n) is 9.42. The van der Waals surface area contributed by atoms with Crippen molar-refractivity contribution in [2.24, 2.45) is 0 Å². The van der Waals surface area contributed by atoms with Crippen molar-refractivity contribution < 1.29 is 13.5 Å². The number of halogens is 2. The Morgan fingerprint density at radius 3 is 1.60 bits per heavy atom. The molecule has 0 aromatic heterocycles. The van der Waals surface area contributed by atoms with Crippen LogP contribution in [0.4, 0.5) is 11.4 Å². The summed E-state index contributed by atoms with van der Waals surface area (Å²) in [6.45, 7) is 8.64. The second kappa shape index (κ2) is 12.3. The van der Waals surface area contributed by atoms with Crippen LogP contribution in [0.15, 0.2) is 78.9 Å². The molecule has 1 aliphatic rings. The third-order valence-electron chi connectivity index (χ3n) is 4.70. The van der Waals surface area contributed by atoms with Crippen molar-refractivity contribution in [1.29, 1.82) is 0 Å². The second-order valence-electron chi connectivity index (χ2n) is 6.79. The minimum atomic E-state index is -1.61. The SMILES string of the molecule is Cc1ccccc1N1[CH-]N(c2ccccc2C)CC1.[CH3-].[Cl][Ru]([Cl])=[CH]c1ccccc1. The average Bonchev–Trinajstić information content (AvgIpc) is 3.19. The van der Waals surface area contributed by atoms with Crippen LogP contribution >= 0.6 is 19.4 Å². The molecule has 1 saturated heterocycles. The summed E-state index contributed by atoms with van der Waals surface area (Å²) in [6, 6.07) is 27.0. The van der Waals surface area contributed by atoms with Crippen molar-refractivity contribution in [2.45, 2.75) is 13.8 Å². The topological polar surface area (TPSA) is 6.48 Å². The molecule has 0 aliphatic carbocycles. The third kappa shape index (κ3) is 6.94. The molecule has 4 rings (SSSR count). The van der Waals surface area contributed by atoms with Crippen LogP contribution in [0.3, 0.4) is 0 Å². The van der Waals surface area contributed by atoms with Crippen molar-refractivity contribution in [2.75, 3.05) is 22.9 Å². The van der Waals surface area contributed by atoms with E-state index in [1.165, 1.54) is 22.5 Å². The Labute approximate surface area is 194 Å². The van der Waals surface area contributed by atoms with E-state index in [2.05, 4.69) is 78.8 Å². The first kappa shape index (κ1) is 24.6. The summed E-state index contributed by atoms with van der Waals surface area (Å²) in [5, 5.41) is 0. The standard InChI is InChI=1S/C17H19N2.C7H6.CH3.2ClH.Ru/c1-14-7-3-5-9-16(14)18-11-12-19(13-18)17-10-6-4-8-15(17)2;1-7-5-3-2-4-6-7;;;;/h3-10,13H,11-12H2,1-2H3;1-6H;1H3;2*1H;/q-1;;-1;;;+2/p-2. The van der Waals surface area contributed by atoms with Gasteiger partial charge in [0, 0.05) is 24.5 Å². The third-order valence-corrected chi connectivity index (χ3v) is 6.58. The molecule has 5 heteroatoms. The molecule has 1 fully saturated rings. The van der Waals surface area contributed by atoms with Gasteiger partial charge in [-0.2, -0.15) is 6.67 Å². The van der Waals surface area contributed by atoms with Gasteiger partial charge in [-0.3, -0.25) is 0 Å². The van der Waals surface area contributed by atoms with Crippen LogP contribution in [0.1, 0.15) is 16.7 Å². The molecular weight excluding hydrogens is 500 g/mol. The Balaban J connectivity index is 0.000000249. The van der Waals surface area contributed by atoms with Crippen LogP contribution in [-0.4, -0.2) is 17.7 Å². The molecule has 0 N–H and O–H groups in total. The Bertz CT molecular complexity index is 905. The van der Waals surface area contributed by atoms with E-state index in [4.69, 9.17) is 19.4 Å². The molecule has 1 heterocycles. The molecule has 1 aliphatic heterocycles. The molecule has 0 radical (unpaired) electrons. The van der Waals surface area contributed by atoms with Gasteiger partial charge in [0.2, 0.25) is 0 Å². The van der Waals surface area contributed by atoms with Crippen molar-refractivity contribution in [3.05, 3.63) is 110 Å². The Kier molecular flexibility index (Phi) is 10.0. The molecule has 0 unspecified atom stereocenters. The minimum absolute atomic E-state index is 0. The summed E-state index contributed by atoms with van der Waals surface area (Å²) < 4.78 is 1.92. The zero-order valence-electron chi connectivity index (χ0n) is 17.6. The molecule has 3 aromatic rings. The summed E-state index contributed by atoms with van der Waals surface area (Å²) in [5.74, 6) is 0. The molecular formula is C25H28Cl2N2Ru-2. The van der Waals surface area contributed by atoms with Gasteiger partial charge in [0.25, 0.3) is 0 Å². The fraction of sp³-hybridized carbons (Fsp3) is 0.160. The summed E-state index contributed by atoms with van der Waals surface area (Å²) in [6.07, 6.45) is 0. The number of anilines is 2. The van der Waals surface area contributed by atoms with Crippen LogP contribution < -0.4 is 9.80 Å². The molecule has 0 atom stereocenters. The van der Waals surface area contributed by atoms with E-state index >= 15 is 0 Å². The maximum atomic E-state index is 5.67. The number of benzene rings is 3. The van der Waals surface area contributed by atoms with E-state index in [0.29, 0.717) is 0 Å². The Morgan fingerprint density at radius 2 is 1.17 bits per heavy atom. The molecule has 3 aromatic carbocycles. The molecule has 0 spiro atoms. The van der Waals surface area contributed by atoms with Crippen LogP contribution in [-0.2, 0) is 13.5 Å². The second-order valence-corrected chi connectivity index (χ2v) is 12.5. The predicted molar refractivity (Wildman–Crippen MR) is 131 cm³/mol. The zero-order valence-corrected chi connectivity index (χ0v) is 20.8. The van der Waals surface area contributed by atoms with E-state index in [-0.39, 0.29) is 7.43 Å². The van der Waals surface area contributed by atoms with Crippen molar-refractivity contribution >= 4 is 35.4 Å². The number of hydrogen-bond acceptors (Lipinski definition) is 2. The van der Waals surface area contributed by atoms with Crippen LogP contribution in [0.25, 0.3) is 0 Å². The molecule has 0 saturated carbocycles. The van der Waals surface area contributed by atoms with Crippen LogP contribution in [0.5, 0.6) is 0 Å². The number of aryl methyl sites for hydroxylation is 2. The van der Waals surface area contributed by atoms with E-state index < -0.39 is 13.5 Å². The van der Waals surface area contributed by atoms with Crippen molar-refractivity contribution in [3.8, 4) is 0 Å². The molecule has 162 valence electrons. The summed E-state index contributed by atoms with van der Waals surface area (Å²) >= 11 is -1.61. The van der Waals surface area contributed by atoms with E-state index in [1.54, 1.807) is 0 Å². The van der Waals surface area contributed by atoms with E-state index in [0.717, 1.165) is 18.7 Å². The van der Waals surface area contributed by atoms with Gasteiger partial charge in [-0.15, -0.1) is 0 Å². The fourth-order valence-electron chi connectivity index (χ4n) is 3.25. The number of nitrogens with zero attached hydrogens (tertiary/aromatic N) is 2. The van der Waals surface area contributed by atoms with Crippen LogP contribution in [0.2, 0.25) is 0 Å². The molecule has 0 bridgehead atoms. The first-order valence-corrected chi connectivity index (χ1v) is 14.9. The molecule has 30 heavy (non-hydrogen) atoms. The quantitative estimate of drug-likeness (QED) is 0.268. The average molecular weight is 528 g/mol. The van der Waals surface area contributed by atoms with Gasteiger partial charge in [0.15, 0.2) is 0 Å². The summed E-state index contributed by atoms with van der Waals surface area (Å²) in [5.41, 5.74) is 6.37. The molecule has 2 nitrogen and oxygen atoms in total. The van der Waals surface area contributed by atoms with Gasteiger partial charge < -0.3 is 17.2 Å². The van der Waals surface area contributed by atoms with Gasteiger partial charge in [-0.1, -0.05) is 36.4 Å². The van der Waals surface area contributed by atoms with Gasteiger partial charge >= 0.3 is 73.4 Å². The van der Waals surface area contributed by atoms with Crippen LogP contribution in [0, 0.1) is 27.9 Å². The Morgan fingerprint density at radius 1 is 0.733 bits per heavy atom. The number of hydrogen-bond donors (Lipinski definition) is 0. The fourth-order valence-corrected chi connectivity index (χ4v) is 5.07. The van der Waals surface area contributed by atoms with Gasteiger partial charge in [-0.25, -0.2) is 0 Å². The van der Waals surface area contributed by atoms with Crippen molar-refractivity contribution in [1.82, 2.24) is 0 Å². The number of rotatable bonds is 3. The van der Waals surface area contributed by atoms with Crippen molar-refractivity contribution in [3.63, 3.8) is 0 Å². The maximum absolute atomic E-state index is 5.67. The zero-order chi connectivity index (χ0) is 20.6. The molecule has 0 amide bonds. The predicted octanol–water partition coefficient (Wildman–Crippen LogP) is 6.96. The first-order chi connectivity index (χ1) is 14.0. The Hall–Kier alpha value is -1.67.